The van der Waals surface area contributed by atoms with Crippen molar-refractivity contribution in [1.29, 1.82) is 0 Å². The van der Waals surface area contributed by atoms with Gasteiger partial charge in [-0.2, -0.15) is 0 Å². The number of nitrogens with zero attached hydrogens (tertiary/aromatic N) is 3. The molecule has 0 saturated carbocycles. The number of oxime groups is 1. The lowest BCUT2D eigenvalue weighted by molar-refractivity contribution is -0.142. The molecule has 0 aromatic heterocycles. The Hall–Kier alpha value is -3.02. The molecule has 1 atom stereocenters. The van der Waals surface area contributed by atoms with Crippen LogP contribution in [0, 0.1) is 0 Å². The van der Waals surface area contributed by atoms with Gasteiger partial charge in [0.2, 0.25) is 6.10 Å². The van der Waals surface area contributed by atoms with E-state index in [1.165, 1.54) is 5.69 Å². The van der Waals surface area contributed by atoms with Crippen molar-refractivity contribution in [3.63, 3.8) is 0 Å². The van der Waals surface area contributed by atoms with Crippen LogP contribution in [-0.4, -0.2) is 55.9 Å². The largest absolute Gasteiger partial charge is 0.496 e. The van der Waals surface area contributed by atoms with Gasteiger partial charge in [-0.05, 0) is 24.3 Å². The van der Waals surface area contributed by atoms with Crippen LogP contribution in [0.1, 0.15) is 12.0 Å². The average Bonchev–Trinajstić information content (AvgIpc) is 3.24. The molecule has 0 spiro atoms. The van der Waals surface area contributed by atoms with Crippen molar-refractivity contribution < 1.29 is 14.4 Å². The highest BCUT2D eigenvalue weighted by molar-refractivity contribution is 6.05. The molecular weight excluding hydrogens is 342 g/mol. The van der Waals surface area contributed by atoms with Gasteiger partial charge in [0.05, 0.1) is 12.8 Å². The molecule has 27 heavy (non-hydrogen) atoms. The number of ether oxygens (including phenoxy) is 1. The molecule has 0 bridgehead atoms. The van der Waals surface area contributed by atoms with E-state index in [9.17, 15) is 4.79 Å². The second-order valence-corrected chi connectivity index (χ2v) is 6.68. The summed E-state index contributed by atoms with van der Waals surface area (Å²) >= 11 is 0. The van der Waals surface area contributed by atoms with Crippen molar-refractivity contribution in [2.24, 2.45) is 5.16 Å². The minimum atomic E-state index is -0.548. The molecule has 1 fully saturated rings. The minimum Gasteiger partial charge on any atom is -0.496 e. The summed E-state index contributed by atoms with van der Waals surface area (Å²) in [5, 5.41) is 4.15. The molecule has 2 aliphatic heterocycles. The summed E-state index contributed by atoms with van der Waals surface area (Å²) in [6.07, 6.45) is -0.0776. The van der Waals surface area contributed by atoms with Gasteiger partial charge in [-0.15, -0.1) is 0 Å². The third-order valence-corrected chi connectivity index (χ3v) is 5.07. The molecule has 6 nitrogen and oxygen atoms in total. The average molecular weight is 365 g/mol. The first-order valence-electron chi connectivity index (χ1n) is 9.21. The highest BCUT2D eigenvalue weighted by Crippen LogP contribution is 2.25. The molecule has 6 heteroatoms. The zero-order valence-corrected chi connectivity index (χ0v) is 15.4. The molecule has 2 aromatic rings. The molecule has 0 radical (unpaired) electrons. The fourth-order valence-corrected chi connectivity index (χ4v) is 3.58. The summed E-state index contributed by atoms with van der Waals surface area (Å²) < 4.78 is 5.39. The zero-order valence-electron chi connectivity index (χ0n) is 15.4. The van der Waals surface area contributed by atoms with Crippen LogP contribution in [0.2, 0.25) is 0 Å². The van der Waals surface area contributed by atoms with Crippen molar-refractivity contribution >= 4 is 17.3 Å². The van der Waals surface area contributed by atoms with E-state index in [2.05, 4.69) is 22.2 Å². The van der Waals surface area contributed by atoms with Gasteiger partial charge in [-0.3, -0.25) is 4.79 Å². The topological polar surface area (TPSA) is 54.4 Å². The Morgan fingerprint density at radius 1 is 1.04 bits per heavy atom. The van der Waals surface area contributed by atoms with E-state index in [0.29, 0.717) is 19.5 Å². The van der Waals surface area contributed by atoms with E-state index in [-0.39, 0.29) is 5.91 Å². The van der Waals surface area contributed by atoms with Crippen LogP contribution in [-0.2, 0) is 9.63 Å². The molecule has 140 valence electrons. The van der Waals surface area contributed by atoms with E-state index in [1.807, 2.05) is 47.4 Å². The number of para-hydroxylation sites is 2. The summed E-state index contributed by atoms with van der Waals surface area (Å²) in [4.78, 5) is 22.5. The molecule has 2 heterocycles. The molecule has 0 unspecified atom stereocenters. The van der Waals surface area contributed by atoms with E-state index in [0.717, 1.165) is 30.1 Å². The van der Waals surface area contributed by atoms with Crippen molar-refractivity contribution in [3.05, 3.63) is 60.2 Å². The smallest absolute Gasteiger partial charge is 0.267 e. The fraction of sp³-hybridized carbons (Fsp3) is 0.333. The third kappa shape index (κ3) is 3.60. The molecule has 1 amide bonds. The number of benzene rings is 2. The lowest BCUT2D eigenvalue weighted by Crippen LogP contribution is -2.51. The van der Waals surface area contributed by atoms with Crippen molar-refractivity contribution in [2.75, 3.05) is 38.2 Å². The van der Waals surface area contributed by atoms with Gasteiger partial charge in [0.25, 0.3) is 5.91 Å². The number of rotatable bonds is 4. The Balaban J connectivity index is 1.35. The molecule has 0 aliphatic carbocycles. The summed E-state index contributed by atoms with van der Waals surface area (Å²) in [6, 6.07) is 18.0. The maximum absolute atomic E-state index is 12.9. The lowest BCUT2D eigenvalue weighted by atomic mass is 10.0. The van der Waals surface area contributed by atoms with E-state index < -0.39 is 6.10 Å². The summed E-state index contributed by atoms with van der Waals surface area (Å²) in [5.41, 5.74) is 2.83. The third-order valence-electron chi connectivity index (χ3n) is 5.07. The summed E-state index contributed by atoms with van der Waals surface area (Å²) in [5.74, 6) is 0.751. The van der Waals surface area contributed by atoms with E-state index in [1.54, 1.807) is 7.11 Å². The van der Waals surface area contributed by atoms with Crippen LogP contribution in [0.5, 0.6) is 5.75 Å². The van der Waals surface area contributed by atoms with Gasteiger partial charge in [-0.1, -0.05) is 35.5 Å². The predicted molar refractivity (Wildman–Crippen MR) is 104 cm³/mol. The second-order valence-electron chi connectivity index (χ2n) is 6.68. The highest BCUT2D eigenvalue weighted by Gasteiger charge is 2.34. The Morgan fingerprint density at radius 3 is 2.48 bits per heavy atom. The van der Waals surface area contributed by atoms with Crippen LogP contribution in [0.4, 0.5) is 5.69 Å². The van der Waals surface area contributed by atoms with E-state index >= 15 is 0 Å². The number of anilines is 1. The van der Waals surface area contributed by atoms with Crippen LogP contribution < -0.4 is 9.64 Å². The molecule has 2 aromatic carbocycles. The van der Waals surface area contributed by atoms with Crippen LogP contribution in [0.15, 0.2) is 59.8 Å². The van der Waals surface area contributed by atoms with Gasteiger partial charge < -0.3 is 19.4 Å². The predicted octanol–water partition coefficient (Wildman–Crippen LogP) is 2.54. The minimum absolute atomic E-state index is 0.0105. The quantitative estimate of drug-likeness (QED) is 0.836. The summed E-state index contributed by atoms with van der Waals surface area (Å²) in [7, 11) is 1.63. The Morgan fingerprint density at radius 2 is 1.74 bits per heavy atom. The molecule has 4 rings (SSSR count). The summed E-state index contributed by atoms with van der Waals surface area (Å²) in [6.45, 7) is 3.03. The zero-order chi connectivity index (χ0) is 18.6. The number of amides is 1. The van der Waals surface area contributed by atoms with Gasteiger partial charge in [0, 0.05) is 43.9 Å². The maximum Gasteiger partial charge on any atom is 0.267 e. The Labute approximate surface area is 159 Å². The van der Waals surface area contributed by atoms with Gasteiger partial charge in [0.1, 0.15) is 5.75 Å². The number of methoxy groups -OCH3 is 1. The van der Waals surface area contributed by atoms with Crippen LogP contribution in [0.25, 0.3) is 0 Å². The second kappa shape index (κ2) is 7.70. The molecule has 2 aliphatic rings. The molecular formula is C21H23N3O3. The van der Waals surface area contributed by atoms with Crippen LogP contribution in [0.3, 0.4) is 0 Å². The number of carbonyl (C=O) groups excluding carboxylic acids is 1. The first-order chi connectivity index (χ1) is 13.3. The molecule has 1 saturated heterocycles. The van der Waals surface area contributed by atoms with Gasteiger partial charge >= 0.3 is 0 Å². The van der Waals surface area contributed by atoms with Gasteiger partial charge in [-0.25, -0.2) is 0 Å². The number of hydrogen-bond donors (Lipinski definition) is 0. The highest BCUT2D eigenvalue weighted by atomic mass is 16.6. The van der Waals surface area contributed by atoms with E-state index in [4.69, 9.17) is 9.57 Å². The maximum atomic E-state index is 12.9. The fourth-order valence-electron chi connectivity index (χ4n) is 3.58. The first kappa shape index (κ1) is 17.4. The lowest BCUT2D eigenvalue weighted by Gasteiger charge is -2.36. The monoisotopic (exact) mass is 365 g/mol. The SMILES string of the molecule is COc1ccccc1C1=NO[C@@H](C(=O)N2CCN(c3ccccc3)CC2)C1. The van der Waals surface area contributed by atoms with Crippen molar-refractivity contribution in [2.45, 2.75) is 12.5 Å². The normalized spacial score (nSPS) is 19.4. The number of piperazine rings is 1. The van der Waals surface area contributed by atoms with Crippen LogP contribution >= 0.6 is 0 Å². The standard InChI is InChI=1S/C21H23N3O3/c1-26-19-10-6-5-9-17(19)18-15-20(27-22-18)21(25)24-13-11-23(12-14-24)16-7-3-2-4-8-16/h2-10,20H,11-15H2,1H3/t20-/m1/s1. The number of carbonyl (C=O) groups is 1. The number of hydrogen-bond acceptors (Lipinski definition) is 5. The Kier molecular flexibility index (Phi) is 4.96. The first-order valence-corrected chi connectivity index (χ1v) is 9.21. The van der Waals surface area contributed by atoms with Crippen molar-refractivity contribution in [3.8, 4) is 5.75 Å². The Bertz CT molecular complexity index is 830. The van der Waals surface area contributed by atoms with Gasteiger partial charge in [0.15, 0.2) is 0 Å². The molecule has 0 N–H and O–H groups in total. The van der Waals surface area contributed by atoms with Crippen molar-refractivity contribution in [1.82, 2.24) is 4.90 Å².